The molecule has 0 bridgehead atoms. The van der Waals surface area contributed by atoms with Gasteiger partial charge in [0.2, 0.25) is 10.0 Å². The second-order valence-electron chi connectivity index (χ2n) is 6.34. The number of benzene rings is 1. The van der Waals surface area contributed by atoms with Crippen molar-refractivity contribution in [1.29, 1.82) is 0 Å². The fraction of sp³-hybridized carbons (Fsp3) is 0.600. The largest absolute Gasteiger partial charge is 0.245 e. The predicted molar refractivity (Wildman–Crippen MR) is 86.8 cm³/mol. The maximum atomic E-state index is 13.0. The third-order valence-electron chi connectivity index (χ3n) is 5.12. The number of piperidine rings is 1. The van der Waals surface area contributed by atoms with Crippen molar-refractivity contribution >= 4 is 32.8 Å². The van der Waals surface area contributed by atoms with Gasteiger partial charge in [-0.1, -0.05) is 25.3 Å². The minimum absolute atomic E-state index is 0.313. The molecule has 0 radical (unpaired) electrons. The third-order valence-corrected chi connectivity index (χ3v) is 7.56. The summed E-state index contributed by atoms with van der Waals surface area (Å²) in [6.45, 7) is 1.30. The summed E-state index contributed by atoms with van der Waals surface area (Å²) in [4.78, 5) is 0.313. The molecule has 0 N–H and O–H groups in total. The Bertz CT molecular complexity index is 769. The van der Waals surface area contributed by atoms with E-state index in [0.29, 0.717) is 35.3 Å². The summed E-state index contributed by atoms with van der Waals surface area (Å²) in [5.41, 5.74) is 1.18. The van der Waals surface area contributed by atoms with Crippen molar-refractivity contribution in [3.8, 4) is 0 Å². The number of rotatable bonds is 2. The minimum Gasteiger partial charge on any atom is -0.207 e. The highest BCUT2D eigenvalue weighted by Crippen LogP contribution is 2.41. The van der Waals surface area contributed by atoms with Crippen LogP contribution in [0.3, 0.4) is 0 Å². The lowest BCUT2D eigenvalue weighted by atomic mass is 9.76. The Morgan fingerprint density at radius 3 is 2.77 bits per heavy atom. The van der Waals surface area contributed by atoms with Gasteiger partial charge >= 0.3 is 0 Å². The summed E-state index contributed by atoms with van der Waals surface area (Å²) in [5, 5.41) is 0. The van der Waals surface area contributed by atoms with E-state index in [4.69, 9.17) is 0 Å². The number of hydrogen-bond donors (Lipinski definition) is 0. The first kappa shape index (κ1) is 14.5. The van der Waals surface area contributed by atoms with Crippen LogP contribution in [0, 0.1) is 11.8 Å². The van der Waals surface area contributed by atoms with Crippen LogP contribution in [0.25, 0.3) is 0 Å². The molecular formula is C15H19N3O2S2. The van der Waals surface area contributed by atoms with Gasteiger partial charge in [-0.2, -0.15) is 13.0 Å². The standard InChI is InChI=1S/C15H19N3O2S2/c19-22(20,14-7-3-6-13-15(14)17-21-16-13)18-9-8-11-4-1-2-5-12(11)10-18/h3,6-7,11-12H,1-2,4-5,8-10H2/t11-,12+/m1/s1. The van der Waals surface area contributed by atoms with Crippen molar-refractivity contribution in [2.24, 2.45) is 20.6 Å². The van der Waals surface area contributed by atoms with Crippen molar-refractivity contribution < 1.29 is 8.42 Å². The molecule has 118 valence electrons. The Kier molecular flexibility index (Phi) is 3.66. The SMILES string of the molecule is O=S(=O)(c1cccc2c1N=S=N2)N1CC[C@H]2CCCC[C@H]2C1. The van der Waals surface area contributed by atoms with E-state index < -0.39 is 10.0 Å². The molecule has 4 rings (SSSR count). The summed E-state index contributed by atoms with van der Waals surface area (Å²) >= 11 is 1.07. The number of sulfonamides is 1. The van der Waals surface area contributed by atoms with Crippen LogP contribution in [0.5, 0.6) is 0 Å². The molecule has 0 aromatic heterocycles. The molecule has 1 saturated heterocycles. The Morgan fingerprint density at radius 2 is 1.91 bits per heavy atom. The molecule has 1 aromatic rings. The van der Waals surface area contributed by atoms with Gasteiger partial charge in [0.25, 0.3) is 0 Å². The van der Waals surface area contributed by atoms with Crippen LogP contribution in [0.15, 0.2) is 31.8 Å². The molecule has 1 aliphatic carbocycles. The van der Waals surface area contributed by atoms with Crippen molar-refractivity contribution in [3.63, 3.8) is 0 Å². The first-order valence-electron chi connectivity index (χ1n) is 7.88. The molecule has 2 atom stereocenters. The molecule has 5 nitrogen and oxygen atoms in total. The molecule has 0 amide bonds. The number of nitrogens with zero attached hydrogens (tertiary/aromatic N) is 3. The van der Waals surface area contributed by atoms with Crippen molar-refractivity contribution in [2.75, 3.05) is 13.1 Å². The lowest BCUT2D eigenvalue weighted by Gasteiger charge is -2.40. The highest BCUT2D eigenvalue weighted by atomic mass is 32.2. The van der Waals surface area contributed by atoms with Crippen molar-refractivity contribution in [3.05, 3.63) is 18.2 Å². The van der Waals surface area contributed by atoms with E-state index in [-0.39, 0.29) is 0 Å². The summed E-state index contributed by atoms with van der Waals surface area (Å²) in [7, 11) is -3.47. The average molecular weight is 337 g/mol. The maximum absolute atomic E-state index is 13.0. The van der Waals surface area contributed by atoms with Gasteiger partial charge in [0, 0.05) is 13.1 Å². The lowest BCUT2D eigenvalue weighted by molar-refractivity contribution is 0.136. The maximum Gasteiger partial charge on any atom is 0.245 e. The van der Waals surface area contributed by atoms with E-state index in [0.717, 1.165) is 23.7 Å². The molecule has 7 heteroatoms. The predicted octanol–water partition coefficient (Wildman–Crippen LogP) is 3.61. The number of hydrogen-bond acceptors (Lipinski definition) is 4. The zero-order chi connectivity index (χ0) is 15.2. The van der Waals surface area contributed by atoms with E-state index in [1.54, 1.807) is 16.4 Å². The second kappa shape index (κ2) is 5.54. The third kappa shape index (κ3) is 2.35. The molecule has 0 spiro atoms. The van der Waals surface area contributed by atoms with E-state index in [2.05, 4.69) is 8.73 Å². The van der Waals surface area contributed by atoms with Gasteiger partial charge in [0.15, 0.2) is 0 Å². The fourth-order valence-corrected chi connectivity index (χ4v) is 6.18. The topological polar surface area (TPSA) is 62.1 Å². The van der Waals surface area contributed by atoms with E-state index in [1.165, 1.54) is 25.7 Å². The van der Waals surface area contributed by atoms with E-state index in [1.807, 2.05) is 6.07 Å². The molecule has 0 unspecified atom stereocenters. The smallest absolute Gasteiger partial charge is 0.207 e. The van der Waals surface area contributed by atoms with Crippen molar-refractivity contribution in [1.82, 2.24) is 4.31 Å². The second-order valence-corrected chi connectivity index (χ2v) is 8.78. The van der Waals surface area contributed by atoms with Gasteiger partial charge in [0.1, 0.15) is 16.3 Å². The monoisotopic (exact) mass is 337 g/mol. The molecule has 2 fully saturated rings. The highest BCUT2D eigenvalue weighted by molar-refractivity contribution is 7.89. The van der Waals surface area contributed by atoms with Crippen LogP contribution < -0.4 is 0 Å². The lowest BCUT2D eigenvalue weighted by Crippen LogP contribution is -2.44. The fourth-order valence-electron chi connectivity index (χ4n) is 3.91. The van der Waals surface area contributed by atoms with Gasteiger partial charge in [-0.15, -0.1) is 0 Å². The Balaban J connectivity index is 1.65. The van der Waals surface area contributed by atoms with Gasteiger partial charge in [0.05, 0.1) is 11.4 Å². The Hall–Kier alpha value is -1.05. The molecule has 2 aliphatic heterocycles. The van der Waals surface area contributed by atoms with Gasteiger partial charge in [-0.05, 0) is 36.8 Å². The molecule has 2 heterocycles. The van der Waals surface area contributed by atoms with Gasteiger partial charge < -0.3 is 0 Å². The molecular weight excluding hydrogens is 318 g/mol. The molecule has 22 heavy (non-hydrogen) atoms. The Labute approximate surface area is 134 Å². The van der Waals surface area contributed by atoms with Crippen LogP contribution in [0.1, 0.15) is 32.1 Å². The zero-order valence-electron chi connectivity index (χ0n) is 12.3. The van der Waals surface area contributed by atoms with Crippen LogP contribution >= 0.6 is 0 Å². The van der Waals surface area contributed by atoms with Crippen LogP contribution in [-0.2, 0) is 21.4 Å². The molecule has 3 aliphatic rings. The summed E-state index contributed by atoms with van der Waals surface area (Å²) in [6, 6.07) is 5.22. The van der Waals surface area contributed by atoms with Crippen molar-refractivity contribution in [2.45, 2.75) is 37.0 Å². The van der Waals surface area contributed by atoms with Crippen LogP contribution in [-0.4, -0.2) is 25.8 Å². The minimum atomic E-state index is -3.47. The van der Waals surface area contributed by atoms with Crippen LogP contribution in [0.4, 0.5) is 11.4 Å². The quantitative estimate of drug-likeness (QED) is 0.840. The first-order chi connectivity index (χ1) is 10.7. The zero-order valence-corrected chi connectivity index (χ0v) is 13.9. The van der Waals surface area contributed by atoms with Crippen LogP contribution in [0.2, 0.25) is 0 Å². The normalized spacial score (nSPS) is 28.0. The first-order valence-corrected chi connectivity index (χ1v) is 10.0. The van der Waals surface area contributed by atoms with E-state index in [9.17, 15) is 8.42 Å². The highest BCUT2D eigenvalue weighted by Gasteiger charge is 2.37. The number of fused-ring (bicyclic) bond motifs is 2. The van der Waals surface area contributed by atoms with E-state index >= 15 is 0 Å². The van der Waals surface area contributed by atoms with Gasteiger partial charge in [-0.25, -0.2) is 8.42 Å². The molecule has 1 saturated carbocycles. The summed E-state index contributed by atoms with van der Waals surface area (Å²) in [6.07, 6.45) is 5.97. The Morgan fingerprint density at radius 1 is 1.09 bits per heavy atom. The summed E-state index contributed by atoms with van der Waals surface area (Å²) < 4.78 is 36.1. The summed E-state index contributed by atoms with van der Waals surface area (Å²) in [5.74, 6) is 1.25. The molecule has 1 aromatic carbocycles. The van der Waals surface area contributed by atoms with Gasteiger partial charge in [-0.3, -0.25) is 0 Å². The average Bonchev–Trinajstić information content (AvgIpc) is 3.02.